The van der Waals surface area contributed by atoms with E-state index in [9.17, 15) is 9.18 Å². The maximum atomic E-state index is 13.3. The Morgan fingerprint density at radius 1 is 1.22 bits per heavy atom. The number of benzene rings is 2. The molecule has 1 atom stereocenters. The van der Waals surface area contributed by atoms with Gasteiger partial charge in [-0.1, -0.05) is 23.8 Å². The fraction of sp³-hybridized carbons (Fsp3) is 0.273. The third-order valence-corrected chi connectivity index (χ3v) is 5.03. The molecule has 2 aromatic carbocycles. The number of aromatic nitrogens is 2. The third-order valence-electron chi connectivity index (χ3n) is 5.03. The molecule has 0 unspecified atom stereocenters. The minimum absolute atomic E-state index is 0.126. The number of amides is 1. The van der Waals surface area contributed by atoms with Crippen LogP contribution in [0.25, 0.3) is 16.9 Å². The van der Waals surface area contributed by atoms with E-state index in [-0.39, 0.29) is 17.8 Å². The largest absolute Gasteiger partial charge is 0.349 e. The molecule has 3 aromatic rings. The molecule has 0 saturated heterocycles. The molecular formula is C22H22FN3O. The van der Waals surface area contributed by atoms with Crippen molar-refractivity contribution in [1.82, 2.24) is 15.1 Å². The summed E-state index contributed by atoms with van der Waals surface area (Å²) in [5.41, 5.74) is 3.85. The zero-order valence-corrected chi connectivity index (χ0v) is 15.4. The Kier molecular flexibility index (Phi) is 4.52. The summed E-state index contributed by atoms with van der Waals surface area (Å²) in [5, 5.41) is 7.75. The van der Waals surface area contributed by atoms with Crippen LogP contribution < -0.4 is 5.32 Å². The number of rotatable bonds is 5. The smallest absolute Gasteiger partial charge is 0.255 e. The van der Waals surface area contributed by atoms with Gasteiger partial charge in [0, 0.05) is 17.8 Å². The van der Waals surface area contributed by atoms with E-state index in [1.54, 1.807) is 23.0 Å². The molecule has 1 aliphatic rings. The molecule has 0 bridgehead atoms. The summed E-state index contributed by atoms with van der Waals surface area (Å²) < 4.78 is 14.9. The molecule has 1 fully saturated rings. The molecule has 1 saturated carbocycles. The van der Waals surface area contributed by atoms with E-state index >= 15 is 0 Å². The van der Waals surface area contributed by atoms with Crippen molar-refractivity contribution in [2.24, 2.45) is 5.92 Å². The lowest BCUT2D eigenvalue weighted by Crippen LogP contribution is -2.34. The number of hydrogen-bond acceptors (Lipinski definition) is 2. The molecule has 4 rings (SSSR count). The maximum absolute atomic E-state index is 13.3. The van der Waals surface area contributed by atoms with Crippen LogP contribution in [0.3, 0.4) is 0 Å². The Balaban J connectivity index is 1.74. The summed E-state index contributed by atoms with van der Waals surface area (Å²) in [6.45, 7) is 4.06. The average molecular weight is 363 g/mol. The minimum Gasteiger partial charge on any atom is -0.349 e. The fourth-order valence-electron chi connectivity index (χ4n) is 3.27. The van der Waals surface area contributed by atoms with Crippen molar-refractivity contribution in [2.45, 2.75) is 32.7 Å². The van der Waals surface area contributed by atoms with Crippen molar-refractivity contribution in [2.75, 3.05) is 0 Å². The molecular weight excluding hydrogens is 341 g/mol. The Morgan fingerprint density at radius 2 is 1.96 bits per heavy atom. The average Bonchev–Trinajstić information content (AvgIpc) is 3.41. The first-order valence-corrected chi connectivity index (χ1v) is 9.25. The number of carbonyl (C=O) groups excluding carboxylic acids is 1. The molecule has 0 aliphatic heterocycles. The first-order valence-electron chi connectivity index (χ1n) is 9.25. The van der Waals surface area contributed by atoms with Crippen molar-refractivity contribution in [1.29, 1.82) is 0 Å². The first kappa shape index (κ1) is 17.5. The zero-order valence-electron chi connectivity index (χ0n) is 15.4. The van der Waals surface area contributed by atoms with Crippen LogP contribution in [0.5, 0.6) is 0 Å². The van der Waals surface area contributed by atoms with E-state index in [1.165, 1.54) is 25.0 Å². The summed E-state index contributed by atoms with van der Waals surface area (Å²) in [4.78, 5) is 12.9. The van der Waals surface area contributed by atoms with Crippen LogP contribution in [0, 0.1) is 18.7 Å². The Labute approximate surface area is 158 Å². The molecule has 1 amide bonds. The highest BCUT2D eigenvalue weighted by atomic mass is 19.1. The molecule has 1 aliphatic carbocycles. The van der Waals surface area contributed by atoms with Crippen LogP contribution in [-0.2, 0) is 0 Å². The van der Waals surface area contributed by atoms with Gasteiger partial charge in [-0.05, 0) is 62.9 Å². The normalized spacial score (nSPS) is 14.8. The van der Waals surface area contributed by atoms with Crippen LogP contribution in [0.4, 0.5) is 4.39 Å². The highest BCUT2D eigenvalue weighted by molar-refractivity contribution is 6.00. The minimum atomic E-state index is -0.305. The quantitative estimate of drug-likeness (QED) is 0.725. The SMILES string of the molecule is Cc1cccc(-c2nn(-c3ccc(F)cc3)cc2C(=O)N[C@H](C)C2CC2)c1. The molecule has 1 aromatic heterocycles. The van der Waals surface area contributed by atoms with Gasteiger partial charge in [0.1, 0.15) is 11.5 Å². The summed E-state index contributed by atoms with van der Waals surface area (Å²) in [5.74, 6) is 0.142. The van der Waals surface area contributed by atoms with Crippen molar-refractivity contribution < 1.29 is 9.18 Å². The molecule has 1 heterocycles. The Bertz CT molecular complexity index is 973. The fourth-order valence-corrected chi connectivity index (χ4v) is 3.27. The van der Waals surface area contributed by atoms with E-state index in [4.69, 9.17) is 0 Å². The molecule has 0 radical (unpaired) electrons. The molecule has 0 spiro atoms. The van der Waals surface area contributed by atoms with Crippen LogP contribution in [0.1, 0.15) is 35.7 Å². The van der Waals surface area contributed by atoms with Gasteiger partial charge in [0.25, 0.3) is 5.91 Å². The van der Waals surface area contributed by atoms with E-state index in [0.717, 1.165) is 11.1 Å². The van der Waals surface area contributed by atoms with Gasteiger partial charge in [-0.2, -0.15) is 5.10 Å². The second-order valence-electron chi connectivity index (χ2n) is 7.28. The highest BCUT2D eigenvalue weighted by Crippen LogP contribution is 2.33. The Morgan fingerprint density at radius 3 is 2.63 bits per heavy atom. The number of halogens is 1. The van der Waals surface area contributed by atoms with E-state index in [2.05, 4.69) is 10.4 Å². The van der Waals surface area contributed by atoms with E-state index in [0.29, 0.717) is 22.9 Å². The van der Waals surface area contributed by atoms with Gasteiger partial charge in [0.05, 0.1) is 11.3 Å². The molecule has 138 valence electrons. The van der Waals surface area contributed by atoms with Crippen molar-refractivity contribution in [3.63, 3.8) is 0 Å². The van der Waals surface area contributed by atoms with Gasteiger partial charge in [0.15, 0.2) is 0 Å². The predicted molar refractivity (Wildman–Crippen MR) is 103 cm³/mol. The summed E-state index contributed by atoms with van der Waals surface area (Å²) in [7, 11) is 0. The number of aryl methyl sites for hydroxylation is 1. The third kappa shape index (κ3) is 3.77. The van der Waals surface area contributed by atoms with Crippen LogP contribution in [0.2, 0.25) is 0 Å². The summed E-state index contributed by atoms with van der Waals surface area (Å²) >= 11 is 0. The lowest BCUT2D eigenvalue weighted by molar-refractivity contribution is 0.0936. The molecule has 27 heavy (non-hydrogen) atoms. The van der Waals surface area contributed by atoms with Gasteiger partial charge >= 0.3 is 0 Å². The van der Waals surface area contributed by atoms with Gasteiger partial charge in [-0.3, -0.25) is 4.79 Å². The second-order valence-corrected chi connectivity index (χ2v) is 7.28. The maximum Gasteiger partial charge on any atom is 0.255 e. The number of hydrogen-bond donors (Lipinski definition) is 1. The lowest BCUT2D eigenvalue weighted by atomic mass is 10.0. The highest BCUT2D eigenvalue weighted by Gasteiger charge is 2.30. The van der Waals surface area contributed by atoms with Gasteiger partial charge in [-0.15, -0.1) is 0 Å². The van der Waals surface area contributed by atoms with Gasteiger partial charge in [0.2, 0.25) is 0 Å². The zero-order chi connectivity index (χ0) is 19.0. The molecule has 1 N–H and O–H groups in total. The number of carbonyl (C=O) groups is 1. The van der Waals surface area contributed by atoms with Crippen LogP contribution in [0.15, 0.2) is 54.7 Å². The second kappa shape index (κ2) is 6.99. The van der Waals surface area contributed by atoms with Crippen LogP contribution >= 0.6 is 0 Å². The predicted octanol–water partition coefficient (Wildman–Crippen LogP) is 4.52. The summed E-state index contributed by atoms with van der Waals surface area (Å²) in [6.07, 6.45) is 4.06. The van der Waals surface area contributed by atoms with Crippen LogP contribution in [-0.4, -0.2) is 21.7 Å². The molecule has 5 heteroatoms. The van der Waals surface area contributed by atoms with Crippen molar-refractivity contribution in [3.05, 3.63) is 71.7 Å². The van der Waals surface area contributed by atoms with Gasteiger partial charge in [-0.25, -0.2) is 9.07 Å². The van der Waals surface area contributed by atoms with Gasteiger partial charge < -0.3 is 5.32 Å². The van der Waals surface area contributed by atoms with Crippen molar-refractivity contribution in [3.8, 4) is 16.9 Å². The first-order chi connectivity index (χ1) is 13.0. The summed E-state index contributed by atoms with van der Waals surface area (Å²) in [6, 6.07) is 14.1. The van der Waals surface area contributed by atoms with E-state index in [1.807, 2.05) is 38.1 Å². The monoisotopic (exact) mass is 363 g/mol. The van der Waals surface area contributed by atoms with Crippen molar-refractivity contribution >= 4 is 5.91 Å². The number of nitrogens with zero attached hydrogens (tertiary/aromatic N) is 2. The van der Waals surface area contributed by atoms with E-state index < -0.39 is 0 Å². The Hall–Kier alpha value is -2.95. The molecule has 4 nitrogen and oxygen atoms in total. The standard InChI is InChI=1S/C22H22FN3O/c1-14-4-3-5-17(12-14)21-20(22(27)24-15(2)16-6-7-16)13-26(25-21)19-10-8-18(23)9-11-19/h3-5,8-13,15-16H,6-7H2,1-2H3,(H,24,27)/t15-/m1/s1. The lowest BCUT2D eigenvalue weighted by Gasteiger charge is -2.12. The number of nitrogens with one attached hydrogen (secondary N) is 1. The topological polar surface area (TPSA) is 46.9 Å².